The van der Waals surface area contributed by atoms with E-state index in [1.165, 1.54) is 76.9 Å². The van der Waals surface area contributed by atoms with E-state index in [-0.39, 0.29) is 18.0 Å². The molecule has 8 heterocycles. The number of carbonyl (C=O) groups excluding carboxylic acids is 3. The molecule has 0 bridgehead atoms. The fourth-order valence-corrected chi connectivity index (χ4v) is 15.7. The summed E-state index contributed by atoms with van der Waals surface area (Å²) in [6, 6.07) is 44.6. The summed E-state index contributed by atoms with van der Waals surface area (Å²) in [7, 11) is 0. The lowest BCUT2D eigenvalue weighted by molar-refractivity contribution is 0.0364. The molecule has 10 aromatic rings. The number of amides is 1. The summed E-state index contributed by atoms with van der Waals surface area (Å²) >= 11 is 3.34. The maximum Gasteiger partial charge on any atom is 0.412 e. The van der Waals surface area contributed by atoms with Crippen molar-refractivity contribution in [3.05, 3.63) is 189 Å². The number of hydrogen-bond acceptors (Lipinski definition) is 14. The van der Waals surface area contributed by atoms with Gasteiger partial charge in [-0.15, -0.1) is 22.7 Å². The van der Waals surface area contributed by atoms with Gasteiger partial charge in [-0.25, -0.2) is 9.59 Å². The largest absolute Gasteiger partial charge is 0.478 e. The van der Waals surface area contributed by atoms with Crippen LogP contribution in [0.25, 0.3) is 53.6 Å². The molecule has 0 radical (unpaired) electrons. The molecule has 6 fully saturated rings. The summed E-state index contributed by atoms with van der Waals surface area (Å²) in [5.74, 6) is 1.19. The number of nitrogen functional groups attached to an aromatic ring is 1. The number of carboxylic acids is 1. The van der Waals surface area contributed by atoms with Crippen molar-refractivity contribution in [1.82, 2.24) is 28.4 Å². The molecule has 3 saturated heterocycles. The van der Waals surface area contributed by atoms with Crippen LogP contribution in [0.3, 0.4) is 0 Å². The molecular formula is C81H92N8O9S2. The predicted molar refractivity (Wildman–Crippen MR) is 400 cm³/mol. The van der Waals surface area contributed by atoms with Crippen molar-refractivity contribution >= 4 is 90.4 Å². The van der Waals surface area contributed by atoms with Gasteiger partial charge in [-0.1, -0.05) is 24.3 Å². The zero-order valence-corrected chi connectivity index (χ0v) is 59.4. The number of nitrogens with two attached hydrogens (primary N) is 1. The number of ketones is 2. The van der Waals surface area contributed by atoms with E-state index in [9.17, 15) is 24.3 Å². The number of ether oxygens (including phenoxy) is 4. The molecule has 0 spiro atoms. The topological polar surface area (TPSA) is 188 Å². The first-order chi connectivity index (χ1) is 48.6. The lowest BCUT2D eigenvalue weighted by Gasteiger charge is -2.27. The first kappa shape index (κ1) is 68.9. The summed E-state index contributed by atoms with van der Waals surface area (Å²) < 4.78 is 29.3. The van der Waals surface area contributed by atoms with Crippen molar-refractivity contribution in [2.24, 2.45) is 0 Å². The molecule has 522 valence electrons. The molecule has 19 heteroatoms. The van der Waals surface area contributed by atoms with Gasteiger partial charge in [0.1, 0.15) is 5.60 Å². The summed E-state index contributed by atoms with van der Waals surface area (Å²) in [5, 5.41) is 19.5. The van der Waals surface area contributed by atoms with Crippen LogP contribution in [-0.4, -0.2) is 161 Å². The number of aromatic nitrogens is 3. The van der Waals surface area contributed by atoms with E-state index in [0.717, 1.165) is 167 Å². The number of rotatable bonds is 22. The Kier molecular flexibility index (Phi) is 21.3. The highest BCUT2D eigenvalue weighted by molar-refractivity contribution is 7.13. The highest BCUT2D eigenvalue weighted by atomic mass is 32.1. The van der Waals surface area contributed by atoms with Crippen LogP contribution >= 0.6 is 22.7 Å². The Bertz CT molecular complexity index is 4530. The van der Waals surface area contributed by atoms with Gasteiger partial charge in [-0.2, -0.15) is 0 Å². The lowest BCUT2D eigenvalue weighted by Crippen LogP contribution is -2.38. The number of nitrogens with zero attached hydrogens (tertiary/aromatic N) is 6. The first-order valence-electron chi connectivity index (χ1n) is 35.8. The highest BCUT2D eigenvalue weighted by Gasteiger charge is 2.32. The van der Waals surface area contributed by atoms with E-state index in [0.29, 0.717) is 46.7 Å². The molecule has 5 aromatic heterocycles. The smallest absolute Gasteiger partial charge is 0.412 e. The third kappa shape index (κ3) is 17.0. The summed E-state index contributed by atoms with van der Waals surface area (Å²) in [6.45, 7) is 22.3. The average molecular weight is 1390 g/mol. The molecule has 3 aliphatic carbocycles. The number of aromatic carboxylic acids is 1. The number of carboxylic acid groups (broad SMARTS) is 1. The minimum Gasteiger partial charge on any atom is -0.478 e. The van der Waals surface area contributed by atoms with Gasteiger partial charge in [-0.3, -0.25) is 29.6 Å². The zero-order valence-electron chi connectivity index (χ0n) is 57.8. The van der Waals surface area contributed by atoms with Crippen molar-refractivity contribution in [3.8, 4) is 20.9 Å². The molecule has 5 aromatic carbocycles. The number of anilines is 2. The summed E-state index contributed by atoms with van der Waals surface area (Å²) in [5.41, 5.74) is 20.2. The van der Waals surface area contributed by atoms with E-state index in [1.54, 1.807) is 34.8 Å². The molecule has 16 rings (SSSR count). The average Bonchev–Trinajstić information content (AvgIpc) is 1.63. The van der Waals surface area contributed by atoms with Crippen LogP contribution in [0.1, 0.15) is 136 Å². The SMILES string of the molecule is CC(C)(C)OC(=O)Nc1ccc(-c2cccs2)cc1CC(=O)c1ccc2c(c1)cc(C1CC1)n2CCN1CCOCC1.Nc1ccc(-c2cccs2)cc1CC(=O)c1ccc2c(c1)cc(C1CC1)n2CCN1CCOCC1.O=C(O)c1ccc2c(c1)cc(C1CC1)n2CCN1CCOCC1. The zero-order chi connectivity index (χ0) is 68.9. The van der Waals surface area contributed by atoms with Crippen molar-refractivity contribution in [2.75, 3.05) is 110 Å². The molecular weight excluding hydrogens is 1290 g/mol. The second-order valence-electron chi connectivity index (χ2n) is 28.5. The maximum absolute atomic E-state index is 13.7. The second-order valence-corrected chi connectivity index (χ2v) is 30.4. The molecule has 3 saturated carbocycles. The quantitative estimate of drug-likeness (QED) is 0.0430. The standard InChI is InChI=1S/C34H39N3O4S.C29H31N3O2S.C18H22N2O3/c1-34(2,3)41-33(39)35-28-10-8-25(32-5-4-18-42-32)20-26(28)22-31(38)24-9-11-29-27(19-24)21-30(23-6-7-23)37(29)13-12-36-14-16-40-17-15-36;30-25-7-5-22(29-2-1-15-35-29)17-23(25)19-28(33)21-6-8-26-24(16-21)18-27(20-3-4-20)32(26)10-9-31-11-13-34-14-12-31;21-18(22)14-3-4-16-15(11-14)12-17(13-1-2-13)20(16)6-5-19-7-9-23-10-8-19/h4-5,8-11,18-21,23H,6-7,12-17,22H2,1-3H3,(H,35,39);1-2,5-8,15-18,20H,3-4,9-14,19,30H2;3-4,11-13H,1-2,5-10H2,(H,21,22). The normalized spacial score (nSPS) is 17.0. The van der Waals surface area contributed by atoms with E-state index >= 15 is 0 Å². The van der Waals surface area contributed by atoms with E-state index in [4.69, 9.17) is 24.7 Å². The molecule has 0 atom stereocenters. The van der Waals surface area contributed by atoms with E-state index in [2.05, 4.69) is 93.7 Å². The van der Waals surface area contributed by atoms with Gasteiger partial charge in [-0.05, 0) is 219 Å². The number of morpholine rings is 3. The van der Waals surface area contributed by atoms with Gasteiger partial charge in [0.2, 0.25) is 0 Å². The molecule has 3 aliphatic heterocycles. The third-order valence-electron chi connectivity index (χ3n) is 20.1. The van der Waals surface area contributed by atoms with Gasteiger partial charge < -0.3 is 43.5 Å². The second kappa shape index (κ2) is 30.9. The van der Waals surface area contributed by atoms with Gasteiger partial charge in [0, 0.05) is 173 Å². The number of Topliss-reactive ketones (excluding diaryl/α,β-unsaturated/α-hetero) is 2. The van der Waals surface area contributed by atoms with Gasteiger partial charge in [0.25, 0.3) is 0 Å². The molecule has 1 amide bonds. The van der Waals surface area contributed by atoms with Crippen molar-refractivity contribution in [2.45, 2.75) is 115 Å². The van der Waals surface area contributed by atoms with Crippen LogP contribution in [0.4, 0.5) is 16.2 Å². The Morgan fingerprint density at radius 3 is 1.27 bits per heavy atom. The van der Waals surface area contributed by atoms with E-state index in [1.807, 2.05) is 92.9 Å². The molecule has 0 unspecified atom stereocenters. The predicted octanol–water partition coefficient (Wildman–Crippen LogP) is 15.5. The van der Waals surface area contributed by atoms with Crippen molar-refractivity contribution < 1.29 is 43.2 Å². The number of carbonyl (C=O) groups is 4. The number of fused-ring (bicyclic) bond motifs is 3. The summed E-state index contributed by atoms with van der Waals surface area (Å²) in [6.07, 6.45) is 7.43. The van der Waals surface area contributed by atoms with Crippen LogP contribution in [0, 0.1) is 0 Å². The van der Waals surface area contributed by atoms with Crippen molar-refractivity contribution in [1.29, 1.82) is 0 Å². The van der Waals surface area contributed by atoms with Gasteiger partial charge in [0.15, 0.2) is 11.6 Å². The number of hydrogen-bond donors (Lipinski definition) is 3. The van der Waals surface area contributed by atoms with Crippen LogP contribution < -0.4 is 11.1 Å². The summed E-state index contributed by atoms with van der Waals surface area (Å²) in [4.78, 5) is 60.5. The number of thiophene rings is 2. The Hall–Kier alpha value is -8.24. The van der Waals surface area contributed by atoms with Gasteiger partial charge in [0.05, 0.1) is 45.2 Å². The van der Waals surface area contributed by atoms with Gasteiger partial charge >= 0.3 is 12.1 Å². The molecule has 17 nitrogen and oxygen atoms in total. The molecule has 100 heavy (non-hydrogen) atoms. The Balaban J connectivity index is 0.000000133. The Labute approximate surface area is 593 Å². The highest BCUT2D eigenvalue weighted by Crippen LogP contribution is 2.45. The van der Waals surface area contributed by atoms with Crippen molar-refractivity contribution in [3.63, 3.8) is 0 Å². The van der Waals surface area contributed by atoms with Crippen LogP contribution in [-0.2, 0) is 51.4 Å². The minimum absolute atomic E-state index is 0.0153. The Morgan fingerprint density at radius 2 is 0.880 bits per heavy atom. The number of nitrogens with one attached hydrogen (secondary N) is 1. The fourth-order valence-electron chi connectivity index (χ4n) is 14.2. The van der Waals surface area contributed by atoms with Crippen LogP contribution in [0.2, 0.25) is 0 Å². The fraction of sp³-hybridized carbons (Fsp3) is 0.407. The molecule has 4 N–H and O–H groups in total. The maximum atomic E-state index is 13.7. The molecule has 6 aliphatic rings. The lowest BCUT2D eigenvalue weighted by atomic mass is 9.98. The van der Waals surface area contributed by atoms with Crippen LogP contribution in [0.5, 0.6) is 0 Å². The monoisotopic (exact) mass is 1380 g/mol. The van der Waals surface area contributed by atoms with Crippen LogP contribution in [0.15, 0.2) is 144 Å². The Morgan fingerprint density at radius 1 is 0.490 bits per heavy atom. The third-order valence-corrected chi connectivity index (χ3v) is 21.9. The number of benzene rings is 5. The minimum atomic E-state index is -0.860. The van der Waals surface area contributed by atoms with E-state index < -0.39 is 17.7 Å². The first-order valence-corrected chi connectivity index (χ1v) is 37.6.